The van der Waals surface area contributed by atoms with Crippen molar-refractivity contribution in [1.82, 2.24) is 10.2 Å². The fourth-order valence-corrected chi connectivity index (χ4v) is 3.26. The van der Waals surface area contributed by atoms with E-state index in [0.29, 0.717) is 0 Å². The molecule has 3 nitrogen and oxygen atoms in total. The third-order valence-corrected chi connectivity index (χ3v) is 4.32. The molecule has 2 heterocycles. The Morgan fingerprint density at radius 3 is 2.95 bits per heavy atom. The highest BCUT2D eigenvalue weighted by Gasteiger charge is 2.23. The normalized spacial score (nSPS) is 23.3. The molecule has 1 fully saturated rings. The van der Waals surface area contributed by atoms with Crippen molar-refractivity contribution in [2.24, 2.45) is 5.92 Å². The van der Waals surface area contributed by atoms with Gasteiger partial charge in [-0.05, 0) is 56.0 Å². The van der Waals surface area contributed by atoms with Gasteiger partial charge in [0.1, 0.15) is 0 Å². The molecule has 0 aliphatic carbocycles. The summed E-state index contributed by atoms with van der Waals surface area (Å²) >= 11 is 0. The van der Waals surface area contributed by atoms with Crippen LogP contribution in [0.15, 0.2) is 18.2 Å². The van der Waals surface area contributed by atoms with Crippen LogP contribution in [0.1, 0.15) is 41.3 Å². The van der Waals surface area contributed by atoms with Crippen molar-refractivity contribution in [2.75, 3.05) is 19.6 Å². The Morgan fingerprint density at radius 1 is 1.37 bits per heavy atom. The van der Waals surface area contributed by atoms with E-state index in [9.17, 15) is 4.79 Å². The molecule has 1 N–H and O–H groups in total. The van der Waals surface area contributed by atoms with E-state index >= 15 is 0 Å². The first-order chi connectivity index (χ1) is 9.22. The van der Waals surface area contributed by atoms with Crippen LogP contribution < -0.4 is 5.32 Å². The van der Waals surface area contributed by atoms with Gasteiger partial charge in [-0.15, -0.1) is 0 Å². The van der Waals surface area contributed by atoms with Gasteiger partial charge in [0, 0.05) is 25.2 Å². The molecule has 2 aliphatic heterocycles. The molecule has 102 valence electrons. The van der Waals surface area contributed by atoms with Gasteiger partial charge in [0.25, 0.3) is 0 Å². The molecular formula is C16H22N2O. The molecule has 0 radical (unpaired) electrons. The standard InChI is InChI=1S/C16H22N2O/c1-12(19)14-4-5-15-10-18(11-16(15)7-14)9-13-3-2-6-17-8-13/h4-5,7,13,17H,2-3,6,8-11H2,1H3. The van der Waals surface area contributed by atoms with Crippen molar-refractivity contribution in [3.8, 4) is 0 Å². The number of hydrogen-bond acceptors (Lipinski definition) is 3. The van der Waals surface area contributed by atoms with Gasteiger partial charge >= 0.3 is 0 Å². The number of hydrogen-bond donors (Lipinski definition) is 1. The van der Waals surface area contributed by atoms with E-state index in [1.165, 1.54) is 37.1 Å². The van der Waals surface area contributed by atoms with E-state index in [4.69, 9.17) is 0 Å². The third-order valence-electron chi connectivity index (χ3n) is 4.32. The second-order valence-electron chi connectivity index (χ2n) is 5.92. The summed E-state index contributed by atoms with van der Waals surface area (Å²) in [6, 6.07) is 6.18. The molecule has 0 spiro atoms. The van der Waals surface area contributed by atoms with E-state index in [1.807, 2.05) is 6.07 Å². The Hall–Kier alpha value is -1.19. The number of carbonyl (C=O) groups is 1. The first-order valence-electron chi connectivity index (χ1n) is 7.28. The van der Waals surface area contributed by atoms with Crippen LogP contribution in [-0.4, -0.2) is 30.3 Å². The molecule has 0 amide bonds. The first-order valence-corrected chi connectivity index (χ1v) is 7.28. The molecule has 1 unspecified atom stereocenters. The average Bonchev–Trinajstić information content (AvgIpc) is 2.80. The van der Waals surface area contributed by atoms with Crippen molar-refractivity contribution in [3.63, 3.8) is 0 Å². The number of benzene rings is 1. The van der Waals surface area contributed by atoms with Crippen LogP contribution >= 0.6 is 0 Å². The monoisotopic (exact) mass is 258 g/mol. The molecular weight excluding hydrogens is 236 g/mol. The van der Waals surface area contributed by atoms with Crippen molar-refractivity contribution in [1.29, 1.82) is 0 Å². The quantitative estimate of drug-likeness (QED) is 0.844. The summed E-state index contributed by atoms with van der Waals surface area (Å²) in [6.45, 7) is 7.21. The second-order valence-corrected chi connectivity index (χ2v) is 5.92. The lowest BCUT2D eigenvalue weighted by molar-refractivity contribution is 0.101. The summed E-state index contributed by atoms with van der Waals surface area (Å²) in [5, 5.41) is 3.48. The minimum Gasteiger partial charge on any atom is -0.316 e. The van der Waals surface area contributed by atoms with Crippen LogP contribution in [-0.2, 0) is 13.1 Å². The maximum atomic E-state index is 11.4. The van der Waals surface area contributed by atoms with Gasteiger partial charge in [0.15, 0.2) is 5.78 Å². The molecule has 0 bridgehead atoms. The maximum Gasteiger partial charge on any atom is 0.159 e. The van der Waals surface area contributed by atoms with E-state index in [1.54, 1.807) is 6.92 Å². The van der Waals surface area contributed by atoms with Crippen molar-refractivity contribution >= 4 is 5.78 Å². The van der Waals surface area contributed by atoms with E-state index in [0.717, 1.165) is 31.1 Å². The molecule has 0 saturated carbocycles. The molecule has 0 aromatic heterocycles. The highest BCUT2D eigenvalue weighted by Crippen LogP contribution is 2.25. The summed E-state index contributed by atoms with van der Waals surface area (Å²) < 4.78 is 0. The summed E-state index contributed by atoms with van der Waals surface area (Å²) in [4.78, 5) is 13.9. The fraction of sp³-hybridized carbons (Fsp3) is 0.562. The second kappa shape index (κ2) is 5.43. The summed E-state index contributed by atoms with van der Waals surface area (Å²) in [5.41, 5.74) is 3.59. The largest absolute Gasteiger partial charge is 0.316 e. The number of ketones is 1. The Balaban J connectivity index is 1.64. The summed E-state index contributed by atoms with van der Waals surface area (Å²) in [6.07, 6.45) is 2.65. The van der Waals surface area contributed by atoms with Crippen molar-refractivity contribution < 1.29 is 4.79 Å². The van der Waals surface area contributed by atoms with Gasteiger partial charge < -0.3 is 5.32 Å². The zero-order chi connectivity index (χ0) is 13.2. The number of fused-ring (bicyclic) bond motifs is 1. The Kier molecular flexibility index (Phi) is 3.67. The smallest absolute Gasteiger partial charge is 0.159 e. The van der Waals surface area contributed by atoms with Gasteiger partial charge in [0.05, 0.1) is 0 Å². The summed E-state index contributed by atoms with van der Waals surface area (Å²) in [7, 11) is 0. The lowest BCUT2D eigenvalue weighted by atomic mass is 9.99. The highest BCUT2D eigenvalue weighted by atomic mass is 16.1. The zero-order valence-corrected chi connectivity index (χ0v) is 11.6. The number of piperidine rings is 1. The lowest BCUT2D eigenvalue weighted by Gasteiger charge is -2.27. The molecule has 1 aromatic carbocycles. The van der Waals surface area contributed by atoms with Crippen LogP contribution in [0.5, 0.6) is 0 Å². The molecule has 1 aromatic rings. The predicted octanol–water partition coefficient (Wildman–Crippen LogP) is 2.20. The van der Waals surface area contributed by atoms with Crippen LogP contribution in [0.2, 0.25) is 0 Å². The molecule has 19 heavy (non-hydrogen) atoms. The van der Waals surface area contributed by atoms with Crippen LogP contribution in [0.4, 0.5) is 0 Å². The Bertz CT molecular complexity index is 478. The van der Waals surface area contributed by atoms with Gasteiger partial charge in [-0.3, -0.25) is 9.69 Å². The zero-order valence-electron chi connectivity index (χ0n) is 11.6. The number of carbonyl (C=O) groups excluding carboxylic acids is 1. The van der Waals surface area contributed by atoms with Gasteiger partial charge in [-0.2, -0.15) is 0 Å². The van der Waals surface area contributed by atoms with Gasteiger partial charge in [0.2, 0.25) is 0 Å². The average molecular weight is 258 g/mol. The highest BCUT2D eigenvalue weighted by molar-refractivity contribution is 5.94. The first kappa shape index (κ1) is 12.8. The molecule has 2 aliphatic rings. The van der Waals surface area contributed by atoms with Crippen LogP contribution in [0, 0.1) is 5.92 Å². The molecule has 1 atom stereocenters. The SMILES string of the molecule is CC(=O)c1ccc2c(c1)CN(CC1CCCNC1)C2. The molecule has 3 heteroatoms. The minimum atomic E-state index is 0.165. The van der Waals surface area contributed by atoms with Gasteiger partial charge in [-0.25, -0.2) is 0 Å². The molecule has 1 saturated heterocycles. The number of Topliss-reactive ketones (excluding diaryl/α,β-unsaturated/α-hetero) is 1. The molecule has 3 rings (SSSR count). The topological polar surface area (TPSA) is 32.3 Å². The Morgan fingerprint density at radius 2 is 2.21 bits per heavy atom. The third kappa shape index (κ3) is 2.88. The fourth-order valence-electron chi connectivity index (χ4n) is 3.26. The maximum absolute atomic E-state index is 11.4. The van der Waals surface area contributed by atoms with E-state index in [2.05, 4.69) is 22.3 Å². The van der Waals surface area contributed by atoms with Crippen LogP contribution in [0.3, 0.4) is 0 Å². The lowest BCUT2D eigenvalue weighted by Crippen LogP contribution is -2.36. The van der Waals surface area contributed by atoms with E-state index in [-0.39, 0.29) is 5.78 Å². The predicted molar refractivity (Wildman–Crippen MR) is 76.2 cm³/mol. The Labute approximate surface area is 115 Å². The number of nitrogens with one attached hydrogen (secondary N) is 1. The van der Waals surface area contributed by atoms with Crippen molar-refractivity contribution in [2.45, 2.75) is 32.9 Å². The number of rotatable bonds is 3. The van der Waals surface area contributed by atoms with Crippen molar-refractivity contribution in [3.05, 3.63) is 34.9 Å². The van der Waals surface area contributed by atoms with Crippen LogP contribution in [0.25, 0.3) is 0 Å². The summed E-state index contributed by atoms with van der Waals surface area (Å²) in [5.74, 6) is 0.952. The number of nitrogens with zero attached hydrogens (tertiary/aromatic N) is 1. The van der Waals surface area contributed by atoms with E-state index < -0.39 is 0 Å². The minimum absolute atomic E-state index is 0.165. The van der Waals surface area contributed by atoms with Gasteiger partial charge in [-0.1, -0.05) is 12.1 Å².